The Morgan fingerprint density at radius 1 is 1.23 bits per heavy atom. The van der Waals surface area contributed by atoms with E-state index in [-0.39, 0.29) is 11.3 Å². The summed E-state index contributed by atoms with van der Waals surface area (Å²) in [5.41, 5.74) is -1.62. The van der Waals surface area contributed by atoms with E-state index >= 15 is 0 Å². The summed E-state index contributed by atoms with van der Waals surface area (Å²) in [7, 11) is 0. The summed E-state index contributed by atoms with van der Waals surface area (Å²) < 4.78 is 27.6. The minimum atomic E-state index is -1.77. The van der Waals surface area contributed by atoms with Crippen LogP contribution >= 0.6 is 11.3 Å². The summed E-state index contributed by atoms with van der Waals surface area (Å²) in [5, 5.41) is 2.37. The third-order valence-corrected chi connectivity index (χ3v) is 5.35. The van der Waals surface area contributed by atoms with E-state index in [1.807, 2.05) is 6.92 Å². The van der Waals surface area contributed by atoms with Gasteiger partial charge in [0.25, 0.3) is 5.91 Å². The molecule has 3 rings (SSSR count). The predicted octanol–water partition coefficient (Wildman–Crippen LogP) is 3.29. The lowest BCUT2D eigenvalue weighted by Crippen LogP contribution is -2.42. The molecule has 0 radical (unpaired) electrons. The van der Waals surface area contributed by atoms with E-state index < -0.39 is 35.7 Å². The first-order valence-corrected chi connectivity index (χ1v) is 8.65. The Labute approximate surface area is 152 Å². The van der Waals surface area contributed by atoms with Gasteiger partial charge in [-0.2, -0.15) is 0 Å². The van der Waals surface area contributed by atoms with Crippen molar-refractivity contribution in [2.75, 3.05) is 6.54 Å². The first kappa shape index (κ1) is 18.2. The van der Waals surface area contributed by atoms with Crippen LogP contribution in [0.4, 0.5) is 13.6 Å². The largest absolute Gasteiger partial charge is 0.325 e. The summed E-state index contributed by atoms with van der Waals surface area (Å²) in [4.78, 5) is 40.0. The van der Waals surface area contributed by atoms with Gasteiger partial charge in [0.15, 0.2) is 5.78 Å². The lowest BCUT2D eigenvalue weighted by atomic mass is 9.91. The molecule has 1 saturated heterocycles. The van der Waals surface area contributed by atoms with Crippen LogP contribution < -0.4 is 5.32 Å². The predicted molar refractivity (Wildman–Crippen MR) is 92.1 cm³/mol. The Morgan fingerprint density at radius 2 is 1.92 bits per heavy atom. The van der Waals surface area contributed by atoms with Gasteiger partial charge in [-0.15, -0.1) is 11.3 Å². The highest BCUT2D eigenvalue weighted by molar-refractivity contribution is 7.12. The number of hydrogen-bond donors (Lipinski definition) is 1. The van der Waals surface area contributed by atoms with Crippen LogP contribution in [0.3, 0.4) is 0 Å². The van der Waals surface area contributed by atoms with Gasteiger partial charge in [-0.05, 0) is 45.0 Å². The molecule has 1 fully saturated rings. The fourth-order valence-electron chi connectivity index (χ4n) is 3.04. The zero-order valence-corrected chi connectivity index (χ0v) is 15.2. The molecule has 1 aliphatic heterocycles. The molecular formula is C18H16F2N2O3S. The van der Waals surface area contributed by atoms with Crippen LogP contribution in [0.15, 0.2) is 24.3 Å². The highest BCUT2D eigenvalue weighted by Gasteiger charge is 2.50. The van der Waals surface area contributed by atoms with E-state index in [9.17, 15) is 23.2 Å². The molecule has 2 aromatic rings. The van der Waals surface area contributed by atoms with Gasteiger partial charge in [0.2, 0.25) is 0 Å². The molecule has 5 nitrogen and oxygen atoms in total. The molecule has 1 atom stereocenters. The Morgan fingerprint density at radius 3 is 2.54 bits per heavy atom. The van der Waals surface area contributed by atoms with Crippen molar-refractivity contribution in [2.45, 2.75) is 26.3 Å². The Bertz CT molecular complexity index is 941. The minimum absolute atomic E-state index is 0.284. The van der Waals surface area contributed by atoms with Gasteiger partial charge in [0.05, 0.1) is 6.54 Å². The van der Waals surface area contributed by atoms with Crippen LogP contribution in [0.1, 0.15) is 32.6 Å². The van der Waals surface area contributed by atoms with Gasteiger partial charge in [-0.1, -0.05) is 0 Å². The number of carbonyl (C=O) groups is 3. The first-order chi connectivity index (χ1) is 12.1. The second kappa shape index (κ2) is 6.28. The molecule has 8 heteroatoms. The number of nitrogens with zero attached hydrogens (tertiary/aromatic N) is 1. The maximum absolute atomic E-state index is 14.1. The van der Waals surface area contributed by atoms with E-state index in [4.69, 9.17) is 0 Å². The fourth-order valence-corrected chi connectivity index (χ4v) is 3.98. The highest BCUT2D eigenvalue weighted by atomic mass is 32.1. The van der Waals surface area contributed by atoms with Gasteiger partial charge in [-0.3, -0.25) is 14.5 Å². The van der Waals surface area contributed by atoms with Gasteiger partial charge in [0, 0.05) is 20.9 Å². The number of thiophene rings is 1. The van der Waals surface area contributed by atoms with Crippen molar-refractivity contribution in [3.63, 3.8) is 0 Å². The molecule has 0 bridgehead atoms. The van der Waals surface area contributed by atoms with Crippen LogP contribution in [-0.4, -0.2) is 29.2 Å². The SMILES string of the molecule is Cc1cc(C(=O)CN2C(=O)NC(C)(c3cc(F)ccc3F)C2=O)c(C)s1. The monoisotopic (exact) mass is 378 g/mol. The third-order valence-electron chi connectivity index (χ3n) is 4.39. The van der Waals surface area contributed by atoms with Crippen molar-refractivity contribution < 1.29 is 23.2 Å². The minimum Gasteiger partial charge on any atom is -0.319 e. The molecule has 0 spiro atoms. The van der Waals surface area contributed by atoms with Gasteiger partial charge >= 0.3 is 6.03 Å². The van der Waals surface area contributed by atoms with E-state index in [0.717, 1.165) is 32.9 Å². The van der Waals surface area contributed by atoms with E-state index in [0.29, 0.717) is 5.56 Å². The number of imide groups is 1. The molecule has 1 aliphatic rings. The molecule has 1 aromatic carbocycles. The van der Waals surface area contributed by atoms with Gasteiger partial charge < -0.3 is 5.32 Å². The highest BCUT2D eigenvalue weighted by Crippen LogP contribution is 2.31. The van der Waals surface area contributed by atoms with Crippen molar-refractivity contribution in [3.8, 4) is 0 Å². The normalized spacial score (nSPS) is 19.8. The Hall–Kier alpha value is -2.61. The van der Waals surface area contributed by atoms with E-state index in [1.165, 1.54) is 18.3 Å². The van der Waals surface area contributed by atoms with Crippen LogP contribution in [-0.2, 0) is 10.3 Å². The van der Waals surface area contributed by atoms with Gasteiger partial charge in [0.1, 0.15) is 17.2 Å². The molecule has 3 amide bonds. The Kier molecular flexibility index (Phi) is 4.39. The molecule has 1 unspecified atom stereocenters. The smallest absolute Gasteiger partial charge is 0.319 e. The third kappa shape index (κ3) is 2.90. The standard InChI is InChI=1S/C18H16F2N2O3S/c1-9-6-12(10(2)26-9)15(23)8-22-16(24)18(3,21-17(22)25)13-7-11(19)4-5-14(13)20/h4-7H,8H2,1-3H3,(H,21,25). The van der Waals surface area contributed by atoms with E-state index in [2.05, 4.69) is 5.32 Å². The number of Topliss-reactive ketones (excluding diaryl/α,β-unsaturated/α-hetero) is 1. The Balaban J connectivity index is 1.90. The number of urea groups is 1. The number of ketones is 1. The van der Waals surface area contributed by atoms with Crippen LogP contribution in [0.2, 0.25) is 0 Å². The number of amides is 3. The molecule has 26 heavy (non-hydrogen) atoms. The summed E-state index contributed by atoms with van der Waals surface area (Å²) >= 11 is 1.44. The van der Waals surface area contributed by atoms with Crippen molar-refractivity contribution in [2.24, 2.45) is 0 Å². The lowest BCUT2D eigenvalue weighted by Gasteiger charge is -2.22. The number of benzene rings is 1. The molecule has 0 saturated carbocycles. The lowest BCUT2D eigenvalue weighted by molar-refractivity contribution is -0.130. The molecule has 1 N–H and O–H groups in total. The quantitative estimate of drug-likeness (QED) is 0.656. The van der Waals surface area contributed by atoms with Crippen LogP contribution in [0, 0.1) is 25.5 Å². The molecule has 1 aromatic heterocycles. The van der Waals surface area contributed by atoms with Crippen molar-refractivity contribution in [1.82, 2.24) is 10.2 Å². The zero-order valence-electron chi connectivity index (χ0n) is 14.4. The summed E-state index contributed by atoms with van der Waals surface area (Å²) in [6, 6.07) is 3.56. The van der Waals surface area contributed by atoms with E-state index in [1.54, 1.807) is 13.0 Å². The van der Waals surface area contributed by atoms with Gasteiger partial charge in [-0.25, -0.2) is 13.6 Å². The summed E-state index contributed by atoms with van der Waals surface area (Å²) in [6.07, 6.45) is 0. The topological polar surface area (TPSA) is 66.5 Å². The number of aryl methyl sites for hydroxylation is 2. The van der Waals surface area contributed by atoms with Crippen molar-refractivity contribution >= 4 is 29.1 Å². The molecular weight excluding hydrogens is 362 g/mol. The average molecular weight is 378 g/mol. The molecule has 0 aliphatic carbocycles. The summed E-state index contributed by atoms with van der Waals surface area (Å²) in [6.45, 7) is 4.46. The number of halogens is 2. The first-order valence-electron chi connectivity index (χ1n) is 7.83. The number of carbonyl (C=O) groups excluding carboxylic acids is 3. The zero-order chi connectivity index (χ0) is 19.2. The van der Waals surface area contributed by atoms with Crippen molar-refractivity contribution in [3.05, 3.63) is 56.8 Å². The molecule has 2 heterocycles. The fraction of sp³-hybridized carbons (Fsp3) is 0.278. The summed E-state index contributed by atoms with van der Waals surface area (Å²) in [5.74, 6) is -2.74. The van der Waals surface area contributed by atoms with Crippen molar-refractivity contribution in [1.29, 1.82) is 0 Å². The second-order valence-corrected chi connectivity index (χ2v) is 7.78. The molecule has 136 valence electrons. The maximum atomic E-state index is 14.1. The second-order valence-electron chi connectivity index (χ2n) is 6.32. The number of nitrogens with one attached hydrogen (secondary N) is 1. The van der Waals surface area contributed by atoms with Crippen LogP contribution in [0.5, 0.6) is 0 Å². The average Bonchev–Trinajstić information content (AvgIpc) is 3.01. The van der Waals surface area contributed by atoms with Crippen LogP contribution in [0.25, 0.3) is 0 Å². The number of rotatable bonds is 4. The maximum Gasteiger partial charge on any atom is 0.325 e. The number of hydrogen-bond acceptors (Lipinski definition) is 4.